The highest BCUT2D eigenvalue weighted by Gasteiger charge is 2.30. The number of piperidine rings is 1. The lowest BCUT2D eigenvalue weighted by molar-refractivity contribution is -0.120. The fraction of sp³-hybridized carbons (Fsp3) is 0.529. The van der Waals surface area contributed by atoms with Crippen LogP contribution in [0.2, 0.25) is 0 Å². The van der Waals surface area contributed by atoms with Gasteiger partial charge in [0, 0.05) is 19.0 Å². The first-order valence-corrected chi connectivity index (χ1v) is 11.0. The van der Waals surface area contributed by atoms with Gasteiger partial charge in [-0.15, -0.1) is 0 Å². The number of nitrogens with one attached hydrogen (secondary N) is 1. The van der Waals surface area contributed by atoms with Gasteiger partial charge in [0.1, 0.15) is 0 Å². The Hall–Kier alpha value is -1.51. The number of carbonyl (C=O) groups excluding carboxylic acids is 1. The first-order chi connectivity index (χ1) is 11.9. The summed E-state index contributed by atoms with van der Waals surface area (Å²) in [5.41, 5.74) is 2.14. The number of fused-ring (bicyclic) bond motifs is 1. The molecule has 0 unspecified atom stereocenters. The molecular weight excluding hydrogens is 358 g/mol. The van der Waals surface area contributed by atoms with Crippen LogP contribution in [0.5, 0.6) is 0 Å². The largest absolute Gasteiger partial charge is 0.302 e. The maximum Gasteiger partial charge on any atom is 0.229 e. The second-order valence-corrected chi connectivity index (χ2v) is 9.53. The Kier molecular flexibility index (Phi) is 5.41. The van der Waals surface area contributed by atoms with Crippen molar-refractivity contribution >= 4 is 42.6 Å². The molecule has 0 atom stereocenters. The van der Waals surface area contributed by atoms with Gasteiger partial charge in [-0.25, -0.2) is 17.7 Å². The van der Waals surface area contributed by atoms with Gasteiger partial charge >= 0.3 is 0 Å². The number of carbonyl (C=O) groups is 1. The Balaban J connectivity index is 1.63. The number of aromatic nitrogens is 1. The van der Waals surface area contributed by atoms with E-state index in [9.17, 15) is 13.2 Å². The topological polar surface area (TPSA) is 79.4 Å². The Morgan fingerprint density at radius 1 is 1.32 bits per heavy atom. The van der Waals surface area contributed by atoms with Crippen LogP contribution in [0.4, 0.5) is 5.13 Å². The molecular formula is C17H23N3O3S2. The number of rotatable bonds is 5. The van der Waals surface area contributed by atoms with E-state index in [1.807, 2.05) is 6.07 Å². The minimum absolute atomic E-state index is 0.0664. The van der Waals surface area contributed by atoms with E-state index in [4.69, 9.17) is 0 Å². The number of thiazole rings is 1. The van der Waals surface area contributed by atoms with E-state index in [2.05, 4.69) is 29.4 Å². The maximum atomic E-state index is 12.5. The van der Waals surface area contributed by atoms with Crippen molar-refractivity contribution in [2.45, 2.75) is 33.1 Å². The number of nitrogens with zero attached hydrogens (tertiary/aromatic N) is 2. The summed E-state index contributed by atoms with van der Waals surface area (Å²) in [7, 11) is -3.16. The van der Waals surface area contributed by atoms with E-state index < -0.39 is 10.0 Å². The molecule has 136 valence electrons. The van der Waals surface area contributed by atoms with E-state index in [-0.39, 0.29) is 17.6 Å². The SMILES string of the molecule is CCc1ccc2nc(NC(=O)C3CCN(S(=O)(=O)CC)CC3)sc2c1. The quantitative estimate of drug-likeness (QED) is 0.864. The van der Waals surface area contributed by atoms with Gasteiger partial charge in [0.2, 0.25) is 15.9 Å². The molecule has 0 spiro atoms. The second-order valence-electron chi connectivity index (χ2n) is 6.24. The van der Waals surface area contributed by atoms with Gasteiger partial charge in [-0.1, -0.05) is 24.3 Å². The maximum absolute atomic E-state index is 12.5. The molecule has 1 fully saturated rings. The molecule has 0 aliphatic carbocycles. The third-order valence-corrected chi connectivity index (χ3v) is 7.49. The lowest BCUT2D eigenvalue weighted by Gasteiger charge is -2.30. The van der Waals surface area contributed by atoms with E-state index >= 15 is 0 Å². The van der Waals surface area contributed by atoms with Crippen LogP contribution in [-0.2, 0) is 21.2 Å². The first-order valence-electron chi connectivity index (χ1n) is 8.61. The van der Waals surface area contributed by atoms with E-state index in [1.165, 1.54) is 21.2 Å². The Bertz CT molecular complexity index is 868. The third kappa shape index (κ3) is 4.02. The number of hydrogen-bond acceptors (Lipinski definition) is 5. The molecule has 1 N–H and O–H groups in total. The number of amides is 1. The van der Waals surface area contributed by atoms with Crippen LogP contribution >= 0.6 is 11.3 Å². The molecule has 6 nitrogen and oxygen atoms in total. The zero-order valence-corrected chi connectivity index (χ0v) is 16.1. The van der Waals surface area contributed by atoms with Crippen LogP contribution in [0.3, 0.4) is 0 Å². The first kappa shape index (κ1) is 18.3. The van der Waals surface area contributed by atoms with Crippen LogP contribution in [0.15, 0.2) is 18.2 Å². The number of sulfonamides is 1. The van der Waals surface area contributed by atoms with Crippen molar-refractivity contribution in [3.05, 3.63) is 23.8 Å². The minimum Gasteiger partial charge on any atom is -0.302 e. The summed E-state index contributed by atoms with van der Waals surface area (Å²) in [5, 5.41) is 3.51. The highest BCUT2D eigenvalue weighted by atomic mass is 32.2. The Morgan fingerprint density at radius 3 is 2.68 bits per heavy atom. The molecule has 0 bridgehead atoms. The summed E-state index contributed by atoms with van der Waals surface area (Å²) in [4.78, 5) is 17.0. The molecule has 1 aliphatic rings. The molecule has 25 heavy (non-hydrogen) atoms. The predicted molar refractivity (Wildman–Crippen MR) is 101 cm³/mol. The smallest absolute Gasteiger partial charge is 0.229 e. The van der Waals surface area contributed by atoms with Crippen molar-refractivity contribution in [3.63, 3.8) is 0 Å². The van der Waals surface area contributed by atoms with Crippen molar-refractivity contribution in [2.24, 2.45) is 5.92 Å². The summed E-state index contributed by atoms with van der Waals surface area (Å²) < 4.78 is 26.3. The molecule has 1 aliphatic heterocycles. The highest BCUT2D eigenvalue weighted by Crippen LogP contribution is 2.28. The number of aryl methyl sites for hydroxylation is 1. The van der Waals surface area contributed by atoms with E-state index in [0.29, 0.717) is 31.1 Å². The van der Waals surface area contributed by atoms with Crippen LogP contribution in [0.1, 0.15) is 32.3 Å². The summed E-state index contributed by atoms with van der Waals surface area (Å²) in [5.74, 6) is -0.125. The monoisotopic (exact) mass is 381 g/mol. The van der Waals surface area contributed by atoms with Gasteiger partial charge in [0.05, 0.1) is 16.0 Å². The standard InChI is InChI=1S/C17H23N3O3S2/c1-3-12-5-6-14-15(11-12)24-17(18-14)19-16(21)13-7-9-20(10-8-13)25(22,23)4-2/h5-6,11,13H,3-4,7-10H2,1-2H3,(H,18,19,21). The molecule has 2 heterocycles. The van der Waals surface area contributed by atoms with E-state index in [1.54, 1.807) is 6.92 Å². The van der Waals surface area contributed by atoms with E-state index in [0.717, 1.165) is 16.6 Å². The van der Waals surface area contributed by atoms with Crippen LogP contribution in [0.25, 0.3) is 10.2 Å². The molecule has 1 saturated heterocycles. The molecule has 0 radical (unpaired) electrons. The van der Waals surface area contributed by atoms with Gasteiger partial charge in [-0.3, -0.25) is 4.79 Å². The fourth-order valence-electron chi connectivity index (χ4n) is 3.03. The summed E-state index contributed by atoms with van der Waals surface area (Å²) in [6.45, 7) is 4.57. The molecule has 1 amide bonds. The average molecular weight is 382 g/mol. The summed E-state index contributed by atoms with van der Waals surface area (Å²) in [6, 6.07) is 6.14. The summed E-state index contributed by atoms with van der Waals surface area (Å²) >= 11 is 1.48. The average Bonchev–Trinajstić information content (AvgIpc) is 3.02. The van der Waals surface area contributed by atoms with Crippen LogP contribution < -0.4 is 5.32 Å². The zero-order chi connectivity index (χ0) is 18.0. The molecule has 1 aromatic heterocycles. The second kappa shape index (κ2) is 7.39. The fourth-order valence-corrected chi connectivity index (χ4v) is 5.09. The number of hydrogen-bond donors (Lipinski definition) is 1. The van der Waals surface area contributed by atoms with Crippen LogP contribution in [-0.4, -0.2) is 42.5 Å². The third-order valence-electron chi connectivity index (χ3n) is 4.67. The van der Waals surface area contributed by atoms with Gasteiger partial charge in [-0.2, -0.15) is 0 Å². The lowest BCUT2D eigenvalue weighted by Crippen LogP contribution is -2.42. The van der Waals surface area contributed by atoms with Crippen molar-refractivity contribution in [1.29, 1.82) is 0 Å². The highest BCUT2D eigenvalue weighted by molar-refractivity contribution is 7.89. The Morgan fingerprint density at radius 2 is 2.04 bits per heavy atom. The normalized spacial score (nSPS) is 17.0. The molecule has 3 rings (SSSR count). The number of anilines is 1. The molecule has 2 aromatic rings. The van der Waals surface area contributed by atoms with Crippen molar-refractivity contribution in [2.75, 3.05) is 24.2 Å². The zero-order valence-electron chi connectivity index (χ0n) is 14.5. The number of benzene rings is 1. The summed E-state index contributed by atoms with van der Waals surface area (Å²) in [6.07, 6.45) is 2.07. The Labute approximate surface area is 152 Å². The molecule has 8 heteroatoms. The minimum atomic E-state index is -3.16. The van der Waals surface area contributed by atoms with Crippen molar-refractivity contribution in [1.82, 2.24) is 9.29 Å². The molecule has 0 saturated carbocycles. The lowest BCUT2D eigenvalue weighted by atomic mass is 9.97. The van der Waals surface area contributed by atoms with Gasteiger partial charge in [0.15, 0.2) is 5.13 Å². The van der Waals surface area contributed by atoms with Gasteiger partial charge in [-0.05, 0) is 43.9 Å². The van der Waals surface area contributed by atoms with Gasteiger partial charge < -0.3 is 5.32 Å². The predicted octanol–water partition coefficient (Wildman–Crippen LogP) is 2.86. The van der Waals surface area contributed by atoms with Crippen molar-refractivity contribution < 1.29 is 13.2 Å². The van der Waals surface area contributed by atoms with Gasteiger partial charge in [0.25, 0.3) is 0 Å². The molecule has 1 aromatic carbocycles. The van der Waals surface area contributed by atoms with Crippen molar-refractivity contribution in [3.8, 4) is 0 Å². The van der Waals surface area contributed by atoms with Crippen LogP contribution in [0, 0.1) is 5.92 Å².